The van der Waals surface area contributed by atoms with Crippen molar-refractivity contribution < 1.29 is 29.0 Å². The van der Waals surface area contributed by atoms with Gasteiger partial charge in [0.1, 0.15) is 23.4 Å². The Kier molecular flexibility index (Phi) is 7.83. The molecule has 1 aliphatic carbocycles. The zero-order chi connectivity index (χ0) is 31.0. The number of hydrogen-bond acceptors (Lipinski definition) is 8. The zero-order valence-electron chi connectivity index (χ0n) is 25.0. The number of rotatable bonds is 5. The van der Waals surface area contributed by atoms with E-state index in [1.54, 1.807) is 31.5 Å². The molecule has 2 aromatic heterocycles. The molecule has 230 valence electrons. The van der Waals surface area contributed by atoms with Crippen LogP contribution < -0.4 is 14.8 Å². The van der Waals surface area contributed by atoms with Crippen molar-refractivity contribution in [1.29, 1.82) is 0 Å². The first kappa shape index (κ1) is 29.3. The number of allylic oxidation sites excluding steroid dienone is 1. The van der Waals surface area contributed by atoms with E-state index in [1.807, 2.05) is 43.3 Å². The van der Waals surface area contributed by atoms with E-state index < -0.39 is 29.6 Å². The molecule has 44 heavy (non-hydrogen) atoms. The van der Waals surface area contributed by atoms with Crippen molar-refractivity contribution >= 4 is 28.8 Å². The lowest BCUT2D eigenvalue weighted by atomic mass is 10.1. The Morgan fingerprint density at radius 2 is 1.93 bits per heavy atom. The molecule has 12 nitrogen and oxygen atoms in total. The van der Waals surface area contributed by atoms with Gasteiger partial charge in [-0.15, -0.1) is 0 Å². The Morgan fingerprint density at radius 1 is 1.14 bits per heavy atom. The summed E-state index contributed by atoms with van der Waals surface area (Å²) in [7, 11) is 3.32. The Labute approximate surface area is 255 Å². The Morgan fingerprint density at radius 3 is 2.68 bits per heavy atom. The van der Waals surface area contributed by atoms with Gasteiger partial charge in [-0.3, -0.25) is 9.78 Å². The zero-order valence-corrected chi connectivity index (χ0v) is 25.0. The van der Waals surface area contributed by atoms with Crippen LogP contribution in [0.1, 0.15) is 37.7 Å². The minimum Gasteiger partial charge on any atom is -0.496 e. The second kappa shape index (κ2) is 11.7. The molecule has 3 aliphatic rings. The van der Waals surface area contributed by atoms with Gasteiger partial charge in [0.15, 0.2) is 5.82 Å². The highest BCUT2D eigenvalue weighted by Gasteiger charge is 2.61. The standard InChI is InChI=1S/C32H36N6O6/c1-19-25(43-3)10-9-23-26(19)34-27(20-11-13-33-14-12-20)35-29(23)44-22-16-24-28(39)36-32(30(40)41)17-21(32)8-6-4-5-7-15-37(2)31(42)38(24)18-22/h6,8-14,21-22,24H,4-5,7,15-18H2,1-3H3,(H,36,39)(H,40,41)/b8-6-/t21-,22-,24+,32-/m1/s1. The van der Waals surface area contributed by atoms with E-state index in [4.69, 9.17) is 19.4 Å². The van der Waals surface area contributed by atoms with Gasteiger partial charge in [0, 0.05) is 49.5 Å². The quantitative estimate of drug-likeness (QED) is 0.420. The second-order valence-corrected chi connectivity index (χ2v) is 11.7. The lowest BCUT2D eigenvalue weighted by Gasteiger charge is -2.29. The van der Waals surface area contributed by atoms with E-state index in [0.29, 0.717) is 41.3 Å². The highest BCUT2D eigenvalue weighted by Crippen LogP contribution is 2.45. The van der Waals surface area contributed by atoms with Crippen molar-refractivity contribution in [3.8, 4) is 23.0 Å². The summed E-state index contributed by atoms with van der Waals surface area (Å²) < 4.78 is 12.1. The molecule has 3 aromatic rings. The number of nitrogens with zero attached hydrogens (tertiary/aromatic N) is 5. The third kappa shape index (κ3) is 5.40. The number of carbonyl (C=O) groups excluding carboxylic acids is 2. The fourth-order valence-electron chi connectivity index (χ4n) is 6.18. The van der Waals surface area contributed by atoms with Crippen molar-refractivity contribution in [3.63, 3.8) is 0 Å². The number of carboxylic acid groups (broad SMARTS) is 1. The molecule has 4 atom stereocenters. The largest absolute Gasteiger partial charge is 0.496 e. The van der Waals surface area contributed by atoms with Crippen molar-refractivity contribution in [2.24, 2.45) is 5.92 Å². The predicted octanol–water partition coefficient (Wildman–Crippen LogP) is 3.58. The summed E-state index contributed by atoms with van der Waals surface area (Å²) in [6, 6.07) is 6.07. The monoisotopic (exact) mass is 600 g/mol. The summed E-state index contributed by atoms with van der Waals surface area (Å²) in [4.78, 5) is 56.4. The third-order valence-electron chi connectivity index (χ3n) is 8.84. The molecule has 12 heteroatoms. The average molecular weight is 601 g/mol. The van der Waals surface area contributed by atoms with Crippen LogP contribution in [0.4, 0.5) is 4.79 Å². The van der Waals surface area contributed by atoms with E-state index >= 15 is 0 Å². The summed E-state index contributed by atoms with van der Waals surface area (Å²) >= 11 is 0. The predicted molar refractivity (Wildman–Crippen MR) is 161 cm³/mol. The number of methoxy groups -OCH3 is 1. The van der Waals surface area contributed by atoms with Crippen LogP contribution in [0.2, 0.25) is 0 Å². The number of aryl methyl sites for hydroxylation is 1. The van der Waals surface area contributed by atoms with Crippen LogP contribution in [-0.2, 0) is 9.59 Å². The number of nitrogens with one attached hydrogen (secondary N) is 1. The number of carboxylic acids is 1. The smallest absolute Gasteiger partial charge is 0.330 e. The number of aromatic nitrogens is 3. The van der Waals surface area contributed by atoms with E-state index in [9.17, 15) is 19.5 Å². The topological polar surface area (TPSA) is 147 Å². The van der Waals surface area contributed by atoms with Crippen molar-refractivity contribution in [1.82, 2.24) is 30.1 Å². The first-order valence-corrected chi connectivity index (χ1v) is 14.9. The number of ether oxygens (including phenoxy) is 2. The molecule has 2 fully saturated rings. The van der Waals surface area contributed by atoms with Crippen LogP contribution in [0.25, 0.3) is 22.3 Å². The summed E-state index contributed by atoms with van der Waals surface area (Å²) in [5, 5.41) is 13.5. The molecule has 6 rings (SSSR count). The molecule has 1 saturated carbocycles. The van der Waals surface area contributed by atoms with E-state index in [1.165, 1.54) is 4.90 Å². The van der Waals surface area contributed by atoms with Crippen LogP contribution in [0.3, 0.4) is 0 Å². The maximum absolute atomic E-state index is 13.7. The summed E-state index contributed by atoms with van der Waals surface area (Å²) in [6.07, 6.45) is 9.54. The molecule has 2 N–H and O–H groups in total. The van der Waals surface area contributed by atoms with Gasteiger partial charge in [-0.25, -0.2) is 14.6 Å². The normalized spacial score (nSPS) is 26.3. The Hall–Kier alpha value is -4.74. The maximum atomic E-state index is 13.7. The minimum atomic E-state index is -1.36. The molecule has 2 aliphatic heterocycles. The molecular formula is C32H36N6O6. The molecule has 0 bridgehead atoms. The fraction of sp³-hybridized carbons (Fsp3) is 0.438. The molecule has 3 amide bonds. The van der Waals surface area contributed by atoms with E-state index in [2.05, 4.69) is 10.3 Å². The van der Waals surface area contributed by atoms with E-state index in [-0.39, 0.29) is 24.9 Å². The number of hydrogen-bond donors (Lipinski definition) is 2. The Balaban J connectivity index is 1.34. The lowest BCUT2D eigenvalue weighted by molar-refractivity contribution is -0.144. The third-order valence-corrected chi connectivity index (χ3v) is 8.84. The van der Waals surface area contributed by atoms with Gasteiger partial charge in [-0.05, 0) is 56.9 Å². The maximum Gasteiger partial charge on any atom is 0.330 e. The molecule has 0 spiro atoms. The van der Waals surface area contributed by atoms with Gasteiger partial charge in [0.25, 0.3) is 0 Å². The minimum absolute atomic E-state index is 0.135. The Bertz CT molecular complexity index is 1630. The number of pyridine rings is 1. The average Bonchev–Trinajstić information content (AvgIpc) is 3.56. The highest BCUT2D eigenvalue weighted by atomic mass is 16.5. The van der Waals surface area contributed by atoms with Crippen LogP contribution in [0.15, 0.2) is 48.8 Å². The van der Waals surface area contributed by atoms with Gasteiger partial charge in [-0.1, -0.05) is 12.2 Å². The van der Waals surface area contributed by atoms with Crippen molar-refractivity contribution in [2.45, 2.75) is 56.7 Å². The van der Waals surface area contributed by atoms with Gasteiger partial charge >= 0.3 is 12.0 Å². The number of fused-ring (bicyclic) bond motifs is 3. The first-order chi connectivity index (χ1) is 21.2. The van der Waals surface area contributed by atoms with Crippen molar-refractivity contribution in [3.05, 3.63) is 54.4 Å². The number of urea groups is 1. The molecule has 0 unspecified atom stereocenters. The second-order valence-electron chi connectivity index (χ2n) is 11.7. The SMILES string of the molecule is COc1ccc2c(O[C@@H]3C[C@H]4C(=O)N[C@]5(C(=O)O)C[C@H]5/C=C\CCCCN(C)C(=O)N4C3)nc(-c3ccncc3)nc2c1C. The van der Waals surface area contributed by atoms with Gasteiger partial charge in [-0.2, -0.15) is 4.98 Å². The lowest BCUT2D eigenvalue weighted by Crippen LogP contribution is -2.54. The summed E-state index contributed by atoms with van der Waals surface area (Å²) in [5.74, 6) is -0.433. The summed E-state index contributed by atoms with van der Waals surface area (Å²) in [5.41, 5.74) is 0.859. The molecule has 1 aromatic carbocycles. The van der Waals surface area contributed by atoms with Crippen LogP contribution >= 0.6 is 0 Å². The highest BCUT2D eigenvalue weighted by molar-refractivity contribution is 5.95. The van der Waals surface area contributed by atoms with Crippen LogP contribution in [-0.4, -0.2) is 92.7 Å². The van der Waals surface area contributed by atoms with E-state index in [0.717, 1.165) is 30.4 Å². The van der Waals surface area contributed by atoms with Gasteiger partial charge in [0.05, 0.1) is 24.6 Å². The number of benzene rings is 1. The molecule has 0 radical (unpaired) electrons. The number of amides is 3. The molecule has 4 heterocycles. The fourth-order valence-corrected chi connectivity index (χ4v) is 6.18. The van der Waals surface area contributed by atoms with Crippen molar-refractivity contribution in [2.75, 3.05) is 27.2 Å². The van der Waals surface area contributed by atoms with Gasteiger partial charge < -0.3 is 29.7 Å². The van der Waals surface area contributed by atoms with Gasteiger partial charge in [0.2, 0.25) is 11.8 Å². The van der Waals surface area contributed by atoms with Crippen LogP contribution in [0.5, 0.6) is 11.6 Å². The summed E-state index contributed by atoms with van der Waals surface area (Å²) in [6.45, 7) is 2.59. The molecular weight excluding hydrogens is 564 g/mol. The number of carbonyl (C=O) groups is 3. The first-order valence-electron chi connectivity index (χ1n) is 14.9. The number of aliphatic carboxylic acids is 1. The molecule has 1 saturated heterocycles. The van der Waals surface area contributed by atoms with Crippen LogP contribution in [0, 0.1) is 12.8 Å².